The first kappa shape index (κ1) is 11.9. The number of carbonyl (C=O) groups is 1. The molecule has 82 valence electrons. The van der Waals surface area contributed by atoms with Gasteiger partial charge in [0.15, 0.2) is 0 Å². The van der Waals surface area contributed by atoms with E-state index >= 15 is 0 Å². The zero-order chi connectivity index (χ0) is 11.3. The van der Waals surface area contributed by atoms with E-state index in [1.165, 1.54) is 0 Å². The van der Waals surface area contributed by atoms with Crippen molar-refractivity contribution in [2.45, 2.75) is 6.42 Å². The Labute approximate surface area is 87.3 Å². The minimum atomic E-state index is -4.88. The third-order valence-electron chi connectivity index (χ3n) is 1.79. The van der Waals surface area contributed by atoms with Crippen LogP contribution in [0, 0.1) is 0 Å². The molecule has 0 saturated carbocycles. The van der Waals surface area contributed by atoms with Gasteiger partial charge in [-0.2, -0.15) is 0 Å². The fourth-order valence-electron chi connectivity index (χ4n) is 1.06. The first-order valence-corrected chi connectivity index (χ1v) is 5.94. The van der Waals surface area contributed by atoms with Crippen LogP contribution >= 0.6 is 7.60 Å². The molecular formula is C9H11NO4P-. The molecule has 0 aliphatic carbocycles. The van der Waals surface area contributed by atoms with Gasteiger partial charge in [0.2, 0.25) is 7.60 Å². The van der Waals surface area contributed by atoms with Gasteiger partial charge in [-0.15, -0.1) is 0 Å². The summed E-state index contributed by atoms with van der Waals surface area (Å²) in [5.74, 6) is 0. The quantitative estimate of drug-likeness (QED) is 0.733. The molecule has 0 heterocycles. The van der Waals surface area contributed by atoms with Crippen molar-refractivity contribution < 1.29 is 19.1 Å². The average Bonchev–Trinajstić information content (AvgIpc) is 2.18. The Morgan fingerprint density at radius 2 is 2.00 bits per heavy atom. The Bertz CT molecular complexity index is 373. The molecule has 1 aromatic carbocycles. The van der Waals surface area contributed by atoms with Gasteiger partial charge in [0, 0.05) is 6.54 Å². The predicted molar refractivity (Wildman–Crippen MR) is 53.4 cm³/mol. The molecule has 0 radical (unpaired) electrons. The number of nitrogens with one attached hydrogen (secondary N) is 1. The maximum atomic E-state index is 10.7. The van der Waals surface area contributed by atoms with E-state index in [0.717, 1.165) is 5.56 Å². The summed E-state index contributed by atoms with van der Waals surface area (Å²) < 4.78 is 10.3. The third-order valence-corrected chi connectivity index (χ3v) is 2.46. The van der Waals surface area contributed by atoms with Gasteiger partial charge < -0.3 is 15.1 Å². The molecule has 1 rings (SSSR count). The number of carbonyl (C=O) groups excluding carboxylic acids is 1. The van der Waals surface area contributed by atoms with Gasteiger partial charge in [-0.05, 0) is 12.0 Å². The minimum absolute atomic E-state index is 0.176. The number of amides is 1. The predicted octanol–water partition coefficient (Wildman–Crippen LogP) is 0.484. The summed E-state index contributed by atoms with van der Waals surface area (Å²) in [6, 6.07) is 9.29. The van der Waals surface area contributed by atoms with Gasteiger partial charge >= 0.3 is 0 Å². The van der Waals surface area contributed by atoms with E-state index in [1.807, 2.05) is 30.3 Å². The smallest absolute Gasteiger partial charge is 0.291 e. The van der Waals surface area contributed by atoms with Crippen LogP contribution in [-0.4, -0.2) is 17.1 Å². The van der Waals surface area contributed by atoms with Crippen LogP contribution in [0.5, 0.6) is 0 Å². The summed E-state index contributed by atoms with van der Waals surface area (Å²) in [6.07, 6.45) is 0.520. The molecule has 0 bridgehead atoms. The fraction of sp³-hybridized carbons (Fsp3) is 0.222. The topological polar surface area (TPSA) is 89.5 Å². The molecule has 0 aromatic heterocycles. The maximum absolute atomic E-state index is 10.7. The Hall–Kier alpha value is -1.16. The second-order valence-corrected chi connectivity index (χ2v) is 4.43. The monoisotopic (exact) mass is 228 g/mol. The lowest BCUT2D eigenvalue weighted by atomic mass is 10.2. The minimum Gasteiger partial charge on any atom is -0.772 e. The van der Waals surface area contributed by atoms with Gasteiger partial charge in [-0.3, -0.25) is 9.36 Å². The molecule has 0 fully saturated rings. The zero-order valence-corrected chi connectivity index (χ0v) is 8.81. The lowest BCUT2D eigenvalue weighted by Gasteiger charge is -2.14. The summed E-state index contributed by atoms with van der Waals surface area (Å²) in [5.41, 5.74) is -0.352. The summed E-state index contributed by atoms with van der Waals surface area (Å²) >= 11 is 0. The van der Waals surface area contributed by atoms with E-state index in [9.17, 15) is 14.3 Å². The fourth-order valence-corrected chi connectivity index (χ4v) is 1.37. The van der Waals surface area contributed by atoms with Crippen molar-refractivity contribution >= 4 is 13.2 Å². The summed E-state index contributed by atoms with van der Waals surface area (Å²) in [6.45, 7) is 0.176. The lowest BCUT2D eigenvalue weighted by Crippen LogP contribution is -2.27. The molecule has 2 N–H and O–H groups in total. The Morgan fingerprint density at radius 3 is 2.53 bits per heavy atom. The molecule has 0 aliphatic heterocycles. The van der Waals surface area contributed by atoms with E-state index in [-0.39, 0.29) is 6.54 Å². The highest BCUT2D eigenvalue weighted by Gasteiger charge is 2.13. The second-order valence-electron chi connectivity index (χ2n) is 2.99. The van der Waals surface area contributed by atoms with Gasteiger partial charge in [0.1, 0.15) is 0 Å². The van der Waals surface area contributed by atoms with Crippen LogP contribution in [-0.2, 0) is 11.0 Å². The largest absolute Gasteiger partial charge is 0.772 e. The van der Waals surface area contributed by atoms with Crippen LogP contribution in [0.25, 0.3) is 0 Å². The van der Waals surface area contributed by atoms with Crippen LogP contribution in [0.1, 0.15) is 5.56 Å². The van der Waals surface area contributed by atoms with Crippen LogP contribution < -0.4 is 10.2 Å². The summed E-state index contributed by atoms with van der Waals surface area (Å²) in [7, 11) is -4.88. The molecule has 15 heavy (non-hydrogen) atoms. The second kappa shape index (κ2) is 5.07. The lowest BCUT2D eigenvalue weighted by molar-refractivity contribution is -0.188. The van der Waals surface area contributed by atoms with Crippen LogP contribution in [0.2, 0.25) is 0 Å². The van der Waals surface area contributed by atoms with Crippen molar-refractivity contribution in [3.05, 3.63) is 35.9 Å². The Kier molecular flexibility index (Phi) is 4.03. The van der Waals surface area contributed by atoms with E-state index < -0.39 is 13.2 Å². The third kappa shape index (κ3) is 4.25. The number of rotatable bonds is 4. The number of benzene rings is 1. The van der Waals surface area contributed by atoms with Crippen molar-refractivity contribution in [3.8, 4) is 0 Å². The molecule has 6 heteroatoms. The SMILES string of the molecule is O=C(NCCc1ccccc1)P(=O)([O-])O. The van der Waals surface area contributed by atoms with E-state index in [4.69, 9.17) is 4.89 Å². The molecule has 1 amide bonds. The van der Waals surface area contributed by atoms with Crippen LogP contribution in [0.4, 0.5) is 4.79 Å². The van der Waals surface area contributed by atoms with Gasteiger partial charge in [-0.1, -0.05) is 30.3 Å². The average molecular weight is 228 g/mol. The molecule has 1 aromatic rings. The standard InChI is InChI=1S/C9H12NO4P/c11-9(15(12,13)14)10-7-6-8-4-2-1-3-5-8/h1-5H,6-7H2,(H,10,11)(H2,12,13,14)/p-1. The number of hydrogen-bond donors (Lipinski definition) is 2. The van der Waals surface area contributed by atoms with Gasteiger partial charge in [0.25, 0.3) is 5.65 Å². The Balaban J connectivity index is 2.35. The zero-order valence-electron chi connectivity index (χ0n) is 7.92. The maximum Gasteiger partial charge on any atom is 0.291 e. The first-order valence-electron chi connectivity index (χ1n) is 4.36. The molecule has 5 nitrogen and oxygen atoms in total. The Morgan fingerprint density at radius 1 is 1.40 bits per heavy atom. The highest BCUT2D eigenvalue weighted by atomic mass is 31.2. The van der Waals surface area contributed by atoms with E-state index in [1.54, 1.807) is 0 Å². The van der Waals surface area contributed by atoms with Gasteiger partial charge in [-0.25, -0.2) is 0 Å². The van der Waals surface area contributed by atoms with Crippen molar-refractivity contribution in [3.63, 3.8) is 0 Å². The number of hydrogen-bond acceptors (Lipinski definition) is 3. The van der Waals surface area contributed by atoms with Crippen molar-refractivity contribution in [2.24, 2.45) is 0 Å². The van der Waals surface area contributed by atoms with Crippen LogP contribution in [0.15, 0.2) is 30.3 Å². The molecule has 0 saturated heterocycles. The van der Waals surface area contributed by atoms with E-state index in [2.05, 4.69) is 5.32 Å². The van der Waals surface area contributed by atoms with Crippen molar-refractivity contribution in [2.75, 3.05) is 6.54 Å². The molecule has 0 spiro atoms. The molecule has 0 aliphatic rings. The molecule has 1 atom stereocenters. The summed E-state index contributed by atoms with van der Waals surface area (Å²) in [5, 5.41) is 2.11. The highest BCUT2D eigenvalue weighted by molar-refractivity contribution is 7.68. The van der Waals surface area contributed by atoms with Crippen LogP contribution in [0.3, 0.4) is 0 Å². The highest BCUT2D eigenvalue weighted by Crippen LogP contribution is 2.28. The van der Waals surface area contributed by atoms with E-state index in [0.29, 0.717) is 6.42 Å². The first-order chi connectivity index (χ1) is 7.00. The summed E-state index contributed by atoms with van der Waals surface area (Å²) in [4.78, 5) is 29.4. The van der Waals surface area contributed by atoms with Crippen molar-refractivity contribution in [1.29, 1.82) is 0 Å². The normalized spacial score (nSPS) is 14.3. The molecule has 1 unspecified atom stereocenters. The van der Waals surface area contributed by atoms with Gasteiger partial charge in [0.05, 0.1) is 0 Å². The van der Waals surface area contributed by atoms with Crippen molar-refractivity contribution in [1.82, 2.24) is 5.32 Å². The molecular weight excluding hydrogens is 217 g/mol.